The maximum atomic E-state index is 11.6. The van der Waals surface area contributed by atoms with Gasteiger partial charge in [-0.25, -0.2) is 4.79 Å². The third kappa shape index (κ3) is 1.69. The van der Waals surface area contributed by atoms with Crippen molar-refractivity contribution in [3.8, 4) is 0 Å². The molecule has 84 valence electrons. The monoisotopic (exact) mass is 217 g/mol. The lowest BCUT2D eigenvalue weighted by Crippen LogP contribution is -2.04. The summed E-state index contributed by atoms with van der Waals surface area (Å²) in [6.07, 6.45) is 0. The Hall–Kier alpha value is -1.77. The van der Waals surface area contributed by atoms with E-state index in [4.69, 9.17) is 4.74 Å². The molecular weight excluding hydrogens is 202 g/mol. The minimum Gasteiger partial charge on any atom is -0.461 e. The summed E-state index contributed by atoms with van der Waals surface area (Å²) in [4.78, 5) is 14.7. The van der Waals surface area contributed by atoms with Crippen molar-refractivity contribution >= 4 is 16.9 Å². The first-order valence-corrected chi connectivity index (χ1v) is 5.39. The fraction of sp³-hybridized carbons (Fsp3) is 0.308. The molecule has 2 rings (SSSR count). The molecule has 0 aliphatic carbocycles. The molecule has 0 bridgehead atoms. The molecule has 1 heterocycles. The Kier molecular flexibility index (Phi) is 2.69. The van der Waals surface area contributed by atoms with Crippen LogP contribution in [0.25, 0.3) is 10.9 Å². The minimum atomic E-state index is -0.296. The number of aromatic amines is 1. The van der Waals surface area contributed by atoms with Gasteiger partial charge in [0.25, 0.3) is 0 Å². The highest BCUT2D eigenvalue weighted by atomic mass is 16.5. The highest BCUT2D eigenvalue weighted by molar-refractivity contribution is 5.96. The highest BCUT2D eigenvalue weighted by Gasteiger charge is 2.11. The second-order valence-electron chi connectivity index (χ2n) is 3.88. The van der Waals surface area contributed by atoms with Crippen molar-refractivity contribution in [3.63, 3.8) is 0 Å². The van der Waals surface area contributed by atoms with E-state index in [0.29, 0.717) is 12.3 Å². The Morgan fingerprint density at radius 3 is 2.81 bits per heavy atom. The number of benzene rings is 1. The van der Waals surface area contributed by atoms with Crippen molar-refractivity contribution in [1.82, 2.24) is 4.98 Å². The van der Waals surface area contributed by atoms with Crippen LogP contribution in [-0.4, -0.2) is 17.6 Å². The first-order valence-electron chi connectivity index (χ1n) is 5.39. The quantitative estimate of drug-likeness (QED) is 0.786. The summed E-state index contributed by atoms with van der Waals surface area (Å²) in [6.45, 7) is 6.30. The topological polar surface area (TPSA) is 42.1 Å². The molecule has 0 saturated carbocycles. The number of carbonyl (C=O) groups is 1. The van der Waals surface area contributed by atoms with Gasteiger partial charge in [-0.3, -0.25) is 0 Å². The van der Waals surface area contributed by atoms with Crippen molar-refractivity contribution in [2.75, 3.05) is 6.61 Å². The van der Waals surface area contributed by atoms with E-state index in [0.717, 1.165) is 10.9 Å². The summed E-state index contributed by atoms with van der Waals surface area (Å²) >= 11 is 0. The van der Waals surface area contributed by atoms with Gasteiger partial charge < -0.3 is 9.72 Å². The zero-order valence-electron chi connectivity index (χ0n) is 9.76. The number of ether oxygens (including phenoxy) is 1. The molecule has 3 nitrogen and oxygen atoms in total. The number of carbonyl (C=O) groups excluding carboxylic acids is 1. The molecule has 0 spiro atoms. The number of rotatable bonds is 2. The number of aryl methyl sites for hydroxylation is 2. The van der Waals surface area contributed by atoms with E-state index in [1.165, 1.54) is 11.1 Å². The third-order valence-corrected chi connectivity index (χ3v) is 2.82. The van der Waals surface area contributed by atoms with Gasteiger partial charge in [-0.2, -0.15) is 0 Å². The molecule has 0 aliphatic heterocycles. The maximum Gasteiger partial charge on any atom is 0.354 e. The highest BCUT2D eigenvalue weighted by Crippen LogP contribution is 2.22. The van der Waals surface area contributed by atoms with E-state index in [1.807, 2.05) is 19.1 Å². The first kappa shape index (κ1) is 10.7. The summed E-state index contributed by atoms with van der Waals surface area (Å²) in [5.74, 6) is -0.296. The molecule has 1 aromatic carbocycles. The predicted molar refractivity (Wildman–Crippen MR) is 63.7 cm³/mol. The van der Waals surface area contributed by atoms with Gasteiger partial charge in [0.2, 0.25) is 0 Å². The molecule has 0 unspecified atom stereocenters. The van der Waals surface area contributed by atoms with Crippen LogP contribution in [0, 0.1) is 13.8 Å². The molecule has 16 heavy (non-hydrogen) atoms. The minimum absolute atomic E-state index is 0.296. The van der Waals surface area contributed by atoms with Crippen molar-refractivity contribution < 1.29 is 9.53 Å². The van der Waals surface area contributed by atoms with E-state index in [-0.39, 0.29) is 5.97 Å². The Balaban J connectivity index is 2.52. The normalized spacial score (nSPS) is 10.7. The average Bonchev–Trinajstić information content (AvgIpc) is 2.69. The van der Waals surface area contributed by atoms with Crippen LogP contribution >= 0.6 is 0 Å². The smallest absolute Gasteiger partial charge is 0.354 e. The van der Waals surface area contributed by atoms with Gasteiger partial charge in [-0.05, 0) is 38.0 Å². The van der Waals surface area contributed by atoms with Gasteiger partial charge >= 0.3 is 5.97 Å². The van der Waals surface area contributed by atoms with Crippen LogP contribution in [0.4, 0.5) is 0 Å². The summed E-state index contributed by atoms with van der Waals surface area (Å²) in [7, 11) is 0. The second kappa shape index (κ2) is 4.00. The zero-order chi connectivity index (χ0) is 11.7. The van der Waals surface area contributed by atoms with Crippen molar-refractivity contribution in [1.29, 1.82) is 0 Å². The van der Waals surface area contributed by atoms with E-state index in [9.17, 15) is 4.79 Å². The van der Waals surface area contributed by atoms with E-state index < -0.39 is 0 Å². The lowest BCUT2D eigenvalue weighted by atomic mass is 10.1. The summed E-state index contributed by atoms with van der Waals surface area (Å²) < 4.78 is 4.96. The molecule has 0 amide bonds. The second-order valence-corrected chi connectivity index (χ2v) is 3.88. The van der Waals surface area contributed by atoms with Gasteiger partial charge in [-0.1, -0.05) is 12.1 Å². The molecule has 0 aliphatic rings. The van der Waals surface area contributed by atoms with Crippen LogP contribution in [-0.2, 0) is 4.74 Å². The lowest BCUT2D eigenvalue weighted by Gasteiger charge is -2.00. The first-order chi connectivity index (χ1) is 7.63. The summed E-state index contributed by atoms with van der Waals surface area (Å²) in [5.41, 5.74) is 3.92. The molecule has 0 atom stereocenters. The van der Waals surface area contributed by atoms with Crippen molar-refractivity contribution in [2.45, 2.75) is 20.8 Å². The van der Waals surface area contributed by atoms with Crippen LogP contribution in [0.3, 0.4) is 0 Å². The van der Waals surface area contributed by atoms with Gasteiger partial charge in [0.05, 0.1) is 6.61 Å². The number of H-pyrrole nitrogens is 1. The van der Waals surface area contributed by atoms with Crippen LogP contribution in [0.15, 0.2) is 18.2 Å². The molecular formula is C13H15NO2. The molecule has 1 aromatic heterocycles. The summed E-state index contributed by atoms with van der Waals surface area (Å²) in [5, 5.41) is 1.05. The maximum absolute atomic E-state index is 11.6. The van der Waals surface area contributed by atoms with Gasteiger partial charge in [0.1, 0.15) is 5.69 Å². The van der Waals surface area contributed by atoms with Gasteiger partial charge in [0.15, 0.2) is 0 Å². The predicted octanol–water partition coefficient (Wildman–Crippen LogP) is 2.96. The van der Waals surface area contributed by atoms with Gasteiger partial charge in [0, 0.05) is 10.9 Å². The molecule has 1 N–H and O–H groups in total. The van der Waals surface area contributed by atoms with E-state index in [1.54, 1.807) is 6.92 Å². The van der Waals surface area contributed by atoms with Crippen LogP contribution in [0.5, 0.6) is 0 Å². The molecule has 0 saturated heterocycles. The Morgan fingerprint density at radius 2 is 2.12 bits per heavy atom. The fourth-order valence-electron chi connectivity index (χ4n) is 1.77. The van der Waals surface area contributed by atoms with Crippen molar-refractivity contribution in [2.24, 2.45) is 0 Å². The Bertz CT molecular complexity index is 540. The SMILES string of the molecule is CCOC(=O)c1cc2ccc(C)c(C)c2[nH]1. The van der Waals surface area contributed by atoms with E-state index >= 15 is 0 Å². The number of aromatic nitrogens is 1. The Morgan fingerprint density at radius 1 is 1.38 bits per heavy atom. The molecule has 2 aromatic rings. The summed E-state index contributed by atoms with van der Waals surface area (Å²) in [6, 6.07) is 5.90. The lowest BCUT2D eigenvalue weighted by molar-refractivity contribution is 0.0520. The number of hydrogen-bond donors (Lipinski definition) is 1. The van der Waals surface area contributed by atoms with Crippen LogP contribution in [0.2, 0.25) is 0 Å². The van der Waals surface area contributed by atoms with E-state index in [2.05, 4.69) is 18.0 Å². The number of nitrogens with one attached hydrogen (secondary N) is 1. The Labute approximate surface area is 94.4 Å². The molecule has 0 fully saturated rings. The number of fused-ring (bicyclic) bond motifs is 1. The van der Waals surface area contributed by atoms with Crippen molar-refractivity contribution in [3.05, 3.63) is 35.0 Å². The molecule has 3 heteroatoms. The van der Waals surface area contributed by atoms with Crippen LogP contribution in [0.1, 0.15) is 28.5 Å². The largest absolute Gasteiger partial charge is 0.461 e. The molecule has 0 radical (unpaired) electrons. The third-order valence-electron chi connectivity index (χ3n) is 2.82. The fourth-order valence-corrected chi connectivity index (χ4v) is 1.77. The zero-order valence-corrected chi connectivity index (χ0v) is 9.76. The van der Waals surface area contributed by atoms with Gasteiger partial charge in [-0.15, -0.1) is 0 Å². The van der Waals surface area contributed by atoms with Crippen LogP contribution < -0.4 is 0 Å². The number of hydrogen-bond acceptors (Lipinski definition) is 2. The number of esters is 1. The average molecular weight is 217 g/mol. The standard InChI is InChI=1S/C13H15NO2/c1-4-16-13(15)11-7-10-6-5-8(2)9(3)12(10)14-11/h5-7,14H,4H2,1-3H3.